The lowest BCUT2D eigenvalue weighted by Gasteiger charge is -2.15. The van der Waals surface area contributed by atoms with Crippen LogP contribution in [-0.2, 0) is 4.74 Å². The lowest BCUT2D eigenvalue weighted by molar-refractivity contribution is 0.143. The summed E-state index contributed by atoms with van der Waals surface area (Å²) in [6, 6.07) is 0.464. The second-order valence-electron chi connectivity index (χ2n) is 3.12. The summed E-state index contributed by atoms with van der Waals surface area (Å²) in [4.78, 5) is 0. The normalized spacial score (nSPS) is 13.2. The van der Waals surface area contributed by atoms with E-state index in [1.807, 2.05) is 6.92 Å². The Morgan fingerprint density at radius 1 is 1.38 bits per heavy atom. The summed E-state index contributed by atoms with van der Waals surface area (Å²) in [6.07, 6.45) is 2.98. The van der Waals surface area contributed by atoms with Gasteiger partial charge in [-0.3, -0.25) is 0 Å². The number of ether oxygens (including phenoxy) is 1. The van der Waals surface area contributed by atoms with Crippen LogP contribution in [0.4, 0.5) is 0 Å². The van der Waals surface area contributed by atoms with E-state index in [2.05, 4.69) is 12.2 Å². The summed E-state index contributed by atoms with van der Waals surface area (Å²) in [5, 5.41) is 12.1. The first-order valence-corrected chi connectivity index (χ1v) is 5.27. The highest BCUT2D eigenvalue weighted by Gasteiger charge is 2.02. The Hall–Kier alpha value is -0.120. The monoisotopic (exact) mass is 189 g/mol. The largest absolute Gasteiger partial charge is 0.396 e. The van der Waals surface area contributed by atoms with Crippen LogP contribution in [0.5, 0.6) is 0 Å². The zero-order valence-electron chi connectivity index (χ0n) is 8.88. The molecule has 2 N–H and O–H groups in total. The van der Waals surface area contributed by atoms with Crippen LogP contribution in [0, 0.1) is 0 Å². The number of nitrogens with one attached hydrogen (secondary N) is 1. The van der Waals surface area contributed by atoms with Gasteiger partial charge in [0.1, 0.15) is 0 Å². The van der Waals surface area contributed by atoms with Crippen LogP contribution in [0.2, 0.25) is 0 Å². The van der Waals surface area contributed by atoms with E-state index in [1.54, 1.807) is 0 Å². The molecule has 0 aliphatic rings. The molecule has 0 saturated heterocycles. The van der Waals surface area contributed by atoms with Crippen LogP contribution in [0.15, 0.2) is 0 Å². The fourth-order valence-corrected chi connectivity index (χ4v) is 1.23. The minimum atomic E-state index is 0.275. The average molecular weight is 189 g/mol. The average Bonchev–Trinajstić information content (AvgIpc) is 2.16. The molecular formula is C10H23NO2. The van der Waals surface area contributed by atoms with Crippen molar-refractivity contribution in [1.29, 1.82) is 0 Å². The van der Waals surface area contributed by atoms with E-state index in [9.17, 15) is 0 Å². The summed E-state index contributed by atoms with van der Waals surface area (Å²) < 4.78 is 5.22. The van der Waals surface area contributed by atoms with Crippen molar-refractivity contribution in [2.45, 2.75) is 39.2 Å². The minimum absolute atomic E-state index is 0.275. The molecule has 0 fully saturated rings. The number of aliphatic hydroxyl groups is 1. The lowest BCUT2D eigenvalue weighted by atomic mass is 10.1. The molecule has 0 spiro atoms. The molecule has 1 unspecified atom stereocenters. The quantitative estimate of drug-likeness (QED) is 0.535. The van der Waals surface area contributed by atoms with Crippen LogP contribution < -0.4 is 5.32 Å². The maximum atomic E-state index is 8.74. The van der Waals surface area contributed by atoms with Gasteiger partial charge in [-0.1, -0.05) is 6.92 Å². The topological polar surface area (TPSA) is 41.5 Å². The predicted octanol–water partition coefficient (Wildman–Crippen LogP) is 1.16. The van der Waals surface area contributed by atoms with E-state index in [0.29, 0.717) is 6.04 Å². The second-order valence-corrected chi connectivity index (χ2v) is 3.12. The van der Waals surface area contributed by atoms with Crippen molar-refractivity contribution in [2.75, 3.05) is 26.4 Å². The summed E-state index contributed by atoms with van der Waals surface area (Å²) in [6.45, 7) is 7.03. The molecule has 0 amide bonds. The van der Waals surface area contributed by atoms with Crippen molar-refractivity contribution in [3.8, 4) is 0 Å². The number of rotatable bonds is 9. The van der Waals surface area contributed by atoms with Gasteiger partial charge in [0.2, 0.25) is 0 Å². The van der Waals surface area contributed by atoms with Crippen molar-refractivity contribution in [3.05, 3.63) is 0 Å². The van der Waals surface area contributed by atoms with E-state index in [4.69, 9.17) is 9.84 Å². The molecule has 3 heteroatoms. The fraction of sp³-hybridized carbons (Fsp3) is 1.00. The van der Waals surface area contributed by atoms with Crippen LogP contribution >= 0.6 is 0 Å². The molecule has 0 bridgehead atoms. The molecule has 0 heterocycles. The smallest absolute Gasteiger partial charge is 0.0477 e. The second kappa shape index (κ2) is 9.96. The lowest BCUT2D eigenvalue weighted by Crippen LogP contribution is -2.30. The predicted molar refractivity (Wildman–Crippen MR) is 54.9 cm³/mol. The summed E-state index contributed by atoms with van der Waals surface area (Å²) in [5.41, 5.74) is 0. The molecule has 80 valence electrons. The Balaban J connectivity index is 3.17. The first-order chi connectivity index (χ1) is 6.35. The van der Waals surface area contributed by atoms with Gasteiger partial charge in [0.25, 0.3) is 0 Å². The third-order valence-corrected chi connectivity index (χ3v) is 2.07. The van der Waals surface area contributed by atoms with Gasteiger partial charge in [0.05, 0.1) is 0 Å². The summed E-state index contributed by atoms with van der Waals surface area (Å²) in [7, 11) is 0. The molecule has 0 aromatic heterocycles. The van der Waals surface area contributed by atoms with Crippen LogP contribution in [0.1, 0.15) is 33.1 Å². The molecule has 0 rings (SSSR count). The number of hydrogen-bond acceptors (Lipinski definition) is 3. The molecule has 0 aromatic rings. The highest BCUT2D eigenvalue weighted by Crippen LogP contribution is 1.96. The molecule has 0 aliphatic carbocycles. The van der Waals surface area contributed by atoms with E-state index in [-0.39, 0.29) is 6.61 Å². The van der Waals surface area contributed by atoms with Gasteiger partial charge in [-0.05, 0) is 32.7 Å². The van der Waals surface area contributed by atoms with Crippen molar-refractivity contribution in [2.24, 2.45) is 0 Å². The standard InChI is InChI=1S/C10H23NO2/c1-3-10(6-8-12)11-7-5-9-13-4-2/h10-12H,3-9H2,1-2H3. The third kappa shape index (κ3) is 8.22. The van der Waals surface area contributed by atoms with E-state index < -0.39 is 0 Å². The maximum absolute atomic E-state index is 8.74. The molecule has 1 atom stereocenters. The summed E-state index contributed by atoms with van der Waals surface area (Å²) >= 11 is 0. The van der Waals surface area contributed by atoms with Crippen LogP contribution in [0.25, 0.3) is 0 Å². The summed E-state index contributed by atoms with van der Waals surface area (Å²) in [5.74, 6) is 0. The van der Waals surface area contributed by atoms with Gasteiger partial charge in [0.15, 0.2) is 0 Å². The van der Waals surface area contributed by atoms with Crippen LogP contribution in [-0.4, -0.2) is 37.5 Å². The molecule has 0 saturated carbocycles. The van der Waals surface area contributed by atoms with Crippen molar-refractivity contribution in [1.82, 2.24) is 5.32 Å². The first kappa shape index (κ1) is 12.9. The van der Waals surface area contributed by atoms with Gasteiger partial charge in [-0.2, -0.15) is 0 Å². The SMILES string of the molecule is CCOCCCNC(CC)CCO. The Labute approximate surface area is 81.5 Å². The highest BCUT2D eigenvalue weighted by molar-refractivity contribution is 4.63. The fourth-order valence-electron chi connectivity index (χ4n) is 1.23. The van der Waals surface area contributed by atoms with E-state index >= 15 is 0 Å². The Morgan fingerprint density at radius 2 is 2.15 bits per heavy atom. The Bertz CT molecular complexity index is 98.9. The molecule has 0 aromatic carbocycles. The molecular weight excluding hydrogens is 166 g/mol. The number of aliphatic hydroxyl groups excluding tert-OH is 1. The molecule has 3 nitrogen and oxygen atoms in total. The van der Waals surface area contributed by atoms with Gasteiger partial charge in [-0.15, -0.1) is 0 Å². The van der Waals surface area contributed by atoms with Crippen LogP contribution in [0.3, 0.4) is 0 Å². The zero-order chi connectivity index (χ0) is 9.94. The molecule has 13 heavy (non-hydrogen) atoms. The van der Waals surface area contributed by atoms with Crippen molar-refractivity contribution < 1.29 is 9.84 Å². The Morgan fingerprint density at radius 3 is 2.69 bits per heavy atom. The van der Waals surface area contributed by atoms with E-state index in [1.165, 1.54) is 0 Å². The Kier molecular flexibility index (Phi) is 9.87. The van der Waals surface area contributed by atoms with Crippen molar-refractivity contribution >= 4 is 0 Å². The molecule has 0 radical (unpaired) electrons. The van der Waals surface area contributed by atoms with Gasteiger partial charge in [-0.25, -0.2) is 0 Å². The number of hydrogen-bond donors (Lipinski definition) is 2. The minimum Gasteiger partial charge on any atom is -0.396 e. The van der Waals surface area contributed by atoms with Gasteiger partial charge >= 0.3 is 0 Å². The van der Waals surface area contributed by atoms with E-state index in [0.717, 1.165) is 39.0 Å². The zero-order valence-corrected chi connectivity index (χ0v) is 8.88. The first-order valence-electron chi connectivity index (χ1n) is 5.27. The molecule has 0 aliphatic heterocycles. The third-order valence-electron chi connectivity index (χ3n) is 2.07. The highest BCUT2D eigenvalue weighted by atomic mass is 16.5. The van der Waals surface area contributed by atoms with Gasteiger partial charge in [0, 0.05) is 25.9 Å². The van der Waals surface area contributed by atoms with Gasteiger partial charge < -0.3 is 15.2 Å². The van der Waals surface area contributed by atoms with Crippen molar-refractivity contribution in [3.63, 3.8) is 0 Å². The maximum Gasteiger partial charge on any atom is 0.0477 e.